The van der Waals surface area contributed by atoms with E-state index in [9.17, 15) is 4.79 Å². The number of likely N-dealkylation sites (tertiary alicyclic amines) is 1. The zero-order valence-electron chi connectivity index (χ0n) is 13.3. The number of rotatable bonds is 5. The molecule has 1 saturated carbocycles. The van der Waals surface area contributed by atoms with Crippen LogP contribution in [0.3, 0.4) is 0 Å². The summed E-state index contributed by atoms with van der Waals surface area (Å²) in [5.41, 5.74) is 0.737. The summed E-state index contributed by atoms with van der Waals surface area (Å²) in [5.74, 6) is 1.62. The molecule has 1 aliphatic carbocycles. The first-order valence-corrected chi connectivity index (χ1v) is 8.32. The predicted molar refractivity (Wildman–Crippen MR) is 85.2 cm³/mol. The number of carbonyl (C=O) groups excluding carboxylic acids is 1. The van der Waals surface area contributed by atoms with Crippen molar-refractivity contribution < 1.29 is 14.3 Å². The van der Waals surface area contributed by atoms with E-state index in [1.54, 1.807) is 7.11 Å². The van der Waals surface area contributed by atoms with E-state index in [4.69, 9.17) is 9.47 Å². The van der Waals surface area contributed by atoms with Gasteiger partial charge < -0.3 is 14.4 Å². The topological polar surface area (TPSA) is 38.8 Å². The van der Waals surface area contributed by atoms with Crippen LogP contribution in [0.2, 0.25) is 0 Å². The molecule has 0 N–H and O–H groups in total. The molecular weight excluding hydrogens is 278 g/mol. The van der Waals surface area contributed by atoms with Crippen LogP contribution in [-0.2, 0) is 4.74 Å². The fourth-order valence-corrected chi connectivity index (χ4v) is 3.79. The normalized spacial score (nSPS) is 24.1. The second kappa shape index (κ2) is 7.14. The number of hydrogen-bond donors (Lipinski definition) is 0. The van der Waals surface area contributed by atoms with Gasteiger partial charge in [-0.3, -0.25) is 4.79 Å². The first-order chi connectivity index (χ1) is 10.8. The van der Waals surface area contributed by atoms with Crippen molar-refractivity contribution in [3.05, 3.63) is 29.8 Å². The number of carbonyl (C=O) groups is 1. The third-order valence-corrected chi connectivity index (χ3v) is 4.91. The molecule has 4 heteroatoms. The van der Waals surface area contributed by atoms with E-state index in [-0.39, 0.29) is 5.91 Å². The Morgan fingerprint density at radius 3 is 2.95 bits per heavy atom. The van der Waals surface area contributed by atoms with Gasteiger partial charge in [-0.15, -0.1) is 0 Å². The Hall–Kier alpha value is -1.55. The van der Waals surface area contributed by atoms with Gasteiger partial charge in [0.2, 0.25) is 0 Å². The van der Waals surface area contributed by atoms with Crippen LogP contribution in [0, 0.1) is 5.92 Å². The second-order valence-electron chi connectivity index (χ2n) is 6.27. The maximum Gasteiger partial charge on any atom is 0.254 e. The predicted octanol–water partition coefficient (Wildman–Crippen LogP) is 3.12. The number of ether oxygens (including phenoxy) is 2. The van der Waals surface area contributed by atoms with E-state index in [1.165, 1.54) is 32.1 Å². The molecule has 120 valence electrons. The lowest BCUT2D eigenvalue weighted by molar-refractivity contribution is 0.0689. The van der Waals surface area contributed by atoms with Gasteiger partial charge in [0.05, 0.1) is 6.61 Å². The van der Waals surface area contributed by atoms with Crippen molar-refractivity contribution in [3.8, 4) is 5.75 Å². The molecule has 0 radical (unpaired) electrons. The molecule has 1 aliphatic heterocycles. The van der Waals surface area contributed by atoms with Crippen molar-refractivity contribution in [2.24, 2.45) is 5.92 Å². The van der Waals surface area contributed by atoms with Gasteiger partial charge in [-0.1, -0.05) is 18.9 Å². The highest BCUT2D eigenvalue weighted by Gasteiger charge is 2.38. The van der Waals surface area contributed by atoms with Crippen LogP contribution in [0.4, 0.5) is 0 Å². The summed E-state index contributed by atoms with van der Waals surface area (Å²) >= 11 is 0. The van der Waals surface area contributed by atoms with E-state index in [0.717, 1.165) is 23.8 Å². The minimum atomic E-state index is 0.159. The summed E-state index contributed by atoms with van der Waals surface area (Å²) in [6.07, 6.45) is 6.20. The number of benzene rings is 1. The monoisotopic (exact) mass is 303 g/mol. The molecule has 4 nitrogen and oxygen atoms in total. The maximum atomic E-state index is 12.8. The molecule has 2 fully saturated rings. The van der Waals surface area contributed by atoms with Crippen LogP contribution < -0.4 is 4.74 Å². The summed E-state index contributed by atoms with van der Waals surface area (Å²) in [6, 6.07) is 7.98. The van der Waals surface area contributed by atoms with E-state index in [2.05, 4.69) is 4.90 Å². The number of methoxy groups -OCH3 is 1. The number of fused-ring (bicyclic) bond motifs is 1. The Kier molecular flexibility index (Phi) is 4.98. The Balaban J connectivity index is 1.68. The highest BCUT2D eigenvalue weighted by molar-refractivity contribution is 5.95. The molecule has 0 unspecified atom stereocenters. The third-order valence-electron chi connectivity index (χ3n) is 4.91. The van der Waals surface area contributed by atoms with Crippen LogP contribution in [0.5, 0.6) is 5.75 Å². The average Bonchev–Trinajstić information content (AvgIpc) is 2.99. The molecule has 2 atom stereocenters. The minimum Gasteiger partial charge on any atom is -0.491 e. The highest BCUT2D eigenvalue weighted by atomic mass is 16.5. The lowest BCUT2D eigenvalue weighted by atomic mass is 9.85. The SMILES string of the molecule is COCCOc1cccc(C(=O)N2CC[C@@H]3CCCC[C@@H]32)c1. The minimum absolute atomic E-state index is 0.159. The fourth-order valence-electron chi connectivity index (χ4n) is 3.79. The van der Waals surface area contributed by atoms with Crippen molar-refractivity contribution in [3.63, 3.8) is 0 Å². The van der Waals surface area contributed by atoms with Gasteiger partial charge in [0.15, 0.2) is 0 Å². The Labute approximate surface area is 132 Å². The van der Waals surface area contributed by atoms with Gasteiger partial charge in [-0.2, -0.15) is 0 Å². The Morgan fingerprint density at radius 2 is 2.09 bits per heavy atom. The van der Waals surface area contributed by atoms with Crippen LogP contribution in [0.25, 0.3) is 0 Å². The zero-order valence-corrected chi connectivity index (χ0v) is 13.3. The molecular formula is C18H25NO3. The molecule has 1 aromatic carbocycles. The van der Waals surface area contributed by atoms with Gasteiger partial charge >= 0.3 is 0 Å². The van der Waals surface area contributed by atoms with Gasteiger partial charge in [-0.25, -0.2) is 0 Å². The third kappa shape index (κ3) is 3.27. The summed E-state index contributed by atoms with van der Waals surface area (Å²) in [5, 5.41) is 0. The van der Waals surface area contributed by atoms with E-state index in [0.29, 0.717) is 19.3 Å². The van der Waals surface area contributed by atoms with Crippen LogP contribution >= 0.6 is 0 Å². The molecule has 1 aromatic rings. The molecule has 0 spiro atoms. The van der Waals surface area contributed by atoms with Crippen molar-refractivity contribution in [1.29, 1.82) is 0 Å². The van der Waals surface area contributed by atoms with E-state index < -0.39 is 0 Å². The molecule has 0 bridgehead atoms. The molecule has 2 aliphatic rings. The number of nitrogens with zero attached hydrogens (tertiary/aromatic N) is 1. The Bertz CT molecular complexity index is 517. The smallest absolute Gasteiger partial charge is 0.254 e. The summed E-state index contributed by atoms with van der Waals surface area (Å²) in [4.78, 5) is 14.9. The molecule has 1 saturated heterocycles. The van der Waals surface area contributed by atoms with Gasteiger partial charge in [0.1, 0.15) is 12.4 Å². The second-order valence-corrected chi connectivity index (χ2v) is 6.27. The van der Waals surface area contributed by atoms with E-state index in [1.807, 2.05) is 24.3 Å². The average molecular weight is 303 g/mol. The molecule has 1 amide bonds. The summed E-state index contributed by atoms with van der Waals surface area (Å²) in [6.45, 7) is 1.96. The van der Waals surface area contributed by atoms with Gasteiger partial charge in [0, 0.05) is 25.3 Å². The van der Waals surface area contributed by atoms with Crippen LogP contribution in [0.15, 0.2) is 24.3 Å². The summed E-state index contributed by atoms with van der Waals surface area (Å²) in [7, 11) is 1.65. The molecule has 22 heavy (non-hydrogen) atoms. The maximum absolute atomic E-state index is 12.8. The van der Waals surface area contributed by atoms with Crippen LogP contribution in [0.1, 0.15) is 42.5 Å². The zero-order chi connectivity index (χ0) is 15.4. The first kappa shape index (κ1) is 15.3. The van der Waals surface area contributed by atoms with E-state index >= 15 is 0 Å². The quantitative estimate of drug-likeness (QED) is 0.785. The van der Waals surface area contributed by atoms with Crippen molar-refractivity contribution in [2.75, 3.05) is 26.9 Å². The molecule has 3 rings (SSSR count). The van der Waals surface area contributed by atoms with Crippen molar-refractivity contribution in [2.45, 2.75) is 38.1 Å². The lowest BCUT2D eigenvalue weighted by Gasteiger charge is -2.31. The van der Waals surface area contributed by atoms with Crippen molar-refractivity contribution in [1.82, 2.24) is 4.90 Å². The van der Waals surface area contributed by atoms with Gasteiger partial charge in [-0.05, 0) is 43.4 Å². The fraction of sp³-hybridized carbons (Fsp3) is 0.611. The number of hydrogen-bond acceptors (Lipinski definition) is 3. The van der Waals surface area contributed by atoms with Crippen LogP contribution in [-0.4, -0.2) is 43.7 Å². The number of amides is 1. The standard InChI is InChI=1S/C18H25NO3/c1-21-11-12-22-16-7-4-6-15(13-16)18(20)19-10-9-14-5-2-3-8-17(14)19/h4,6-7,13-14,17H,2-3,5,8-12H2,1H3/t14-,17-/m0/s1. The largest absolute Gasteiger partial charge is 0.491 e. The van der Waals surface area contributed by atoms with Crippen molar-refractivity contribution >= 4 is 5.91 Å². The lowest BCUT2D eigenvalue weighted by Crippen LogP contribution is -2.39. The first-order valence-electron chi connectivity index (χ1n) is 8.32. The molecule has 0 aromatic heterocycles. The van der Waals surface area contributed by atoms with Gasteiger partial charge in [0.25, 0.3) is 5.91 Å². The Morgan fingerprint density at radius 1 is 1.23 bits per heavy atom. The molecule has 1 heterocycles. The summed E-state index contributed by atoms with van der Waals surface area (Å²) < 4.78 is 10.6. The highest BCUT2D eigenvalue weighted by Crippen LogP contribution is 2.37.